The number of H-pyrrole nitrogens is 1. The molecule has 152 valence electrons. The number of aromatic nitrogens is 2. The largest absolute Gasteiger partial charge is 0.497 e. The Hall–Kier alpha value is -3.34. The van der Waals surface area contributed by atoms with E-state index in [-0.39, 0.29) is 11.9 Å². The number of aromatic amines is 1. The Bertz CT molecular complexity index is 1200. The number of nitrogens with one attached hydrogen (secondary N) is 2. The molecule has 1 fully saturated rings. The third-order valence-electron chi connectivity index (χ3n) is 6.03. The Morgan fingerprint density at radius 1 is 1.03 bits per heavy atom. The summed E-state index contributed by atoms with van der Waals surface area (Å²) in [5.74, 6) is 0.696. The number of carbonyl (C=O) groups excluding carboxylic acids is 1. The van der Waals surface area contributed by atoms with Crippen molar-refractivity contribution in [3.8, 4) is 17.0 Å². The number of amides is 1. The van der Waals surface area contributed by atoms with Crippen LogP contribution in [0.2, 0.25) is 0 Å². The Morgan fingerprint density at radius 3 is 2.57 bits per heavy atom. The summed E-state index contributed by atoms with van der Waals surface area (Å²) in [5, 5.41) is 5.31. The summed E-state index contributed by atoms with van der Waals surface area (Å²) in [4.78, 5) is 21.4. The minimum atomic E-state index is -0.0937. The van der Waals surface area contributed by atoms with Gasteiger partial charge in [-0.2, -0.15) is 0 Å². The fourth-order valence-electron chi connectivity index (χ4n) is 4.43. The Balaban J connectivity index is 1.63. The number of ether oxygens (including phenoxy) is 1. The van der Waals surface area contributed by atoms with Gasteiger partial charge in [-0.3, -0.25) is 4.79 Å². The van der Waals surface area contributed by atoms with E-state index < -0.39 is 0 Å². The van der Waals surface area contributed by atoms with Gasteiger partial charge in [0.15, 0.2) is 0 Å². The van der Waals surface area contributed by atoms with Crippen molar-refractivity contribution in [3.63, 3.8) is 0 Å². The highest BCUT2D eigenvalue weighted by Crippen LogP contribution is 2.33. The maximum absolute atomic E-state index is 13.1. The Morgan fingerprint density at radius 2 is 1.80 bits per heavy atom. The van der Waals surface area contributed by atoms with Crippen LogP contribution >= 0.6 is 0 Å². The van der Waals surface area contributed by atoms with E-state index >= 15 is 0 Å². The summed E-state index contributed by atoms with van der Waals surface area (Å²) < 4.78 is 5.29. The van der Waals surface area contributed by atoms with Crippen LogP contribution in [0.1, 0.15) is 42.6 Å². The number of para-hydroxylation sites is 1. The number of hydrogen-bond donors (Lipinski definition) is 2. The van der Waals surface area contributed by atoms with Crippen LogP contribution in [-0.4, -0.2) is 29.0 Å². The zero-order chi connectivity index (χ0) is 20.5. The second-order valence-corrected chi connectivity index (χ2v) is 7.99. The van der Waals surface area contributed by atoms with E-state index in [1.165, 1.54) is 19.3 Å². The number of nitrogens with zero attached hydrogens (tertiary/aromatic N) is 1. The molecule has 5 rings (SSSR count). The molecule has 30 heavy (non-hydrogen) atoms. The van der Waals surface area contributed by atoms with Crippen molar-refractivity contribution >= 4 is 27.7 Å². The highest BCUT2D eigenvalue weighted by atomic mass is 16.5. The van der Waals surface area contributed by atoms with Crippen LogP contribution < -0.4 is 10.1 Å². The van der Waals surface area contributed by atoms with Gasteiger partial charge in [0.05, 0.1) is 18.3 Å². The van der Waals surface area contributed by atoms with E-state index in [9.17, 15) is 4.79 Å². The molecule has 0 aliphatic heterocycles. The molecule has 0 bridgehead atoms. The standard InChI is InChI=1S/C25H25N3O2/c1-30-18-13-11-16(12-14-18)23-24-20(19-9-5-6-10-21(19)27-24)15-22(28-23)25(29)26-17-7-3-2-4-8-17/h5-6,9-15,17,27H,2-4,7-8H2,1H3,(H,26,29). The van der Waals surface area contributed by atoms with Crippen LogP contribution in [0, 0.1) is 0 Å². The molecule has 1 amide bonds. The van der Waals surface area contributed by atoms with E-state index in [0.717, 1.165) is 51.7 Å². The average molecular weight is 399 g/mol. The van der Waals surface area contributed by atoms with Gasteiger partial charge in [0.2, 0.25) is 0 Å². The lowest BCUT2D eigenvalue weighted by atomic mass is 9.95. The van der Waals surface area contributed by atoms with Crippen molar-refractivity contribution in [2.24, 2.45) is 0 Å². The molecule has 0 radical (unpaired) electrons. The summed E-state index contributed by atoms with van der Waals surface area (Å²) in [6.45, 7) is 0. The number of rotatable bonds is 4. The second-order valence-electron chi connectivity index (χ2n) is 7.99. The quantitative estimate of drug-likeness (QED) is 0.479. The van der Waals surface area contributed by atoms with E-state index in [1.807, 2.05) is 42.5 Å². The van der Waals surface area contributed by atoms with Gasteiger partial charge in [-0.25, -0.2) is 4.98 Å². The molecule has 2 aromatic heterocycles. The lowest BCUT2D eigenvalue weighted by Gasteiger charge is -2.22. The summed E-state index contributed by atoms with van der Waals surface area (Å²) in [5.41, 5.74) is 4.16. The molecule has 4 aromatic rings. The van der Waals surface area contributed by atoms with Crippen molar-refractivity contribution in [1.29, 1.82) is 0 Å². The first-order chi connectivity index (χ1) is 14.7. The third kappa shape index (κ3) is 3.41. The van der Waals surface area contributed by atoms with Crippen molar-refractivity contribution < 1.29 is 9.53 Å². The molecule has 5 nitrogen and oxygen atoms in total. The minimum Gasteiger partial charge on any atom is -0.497 e. The zero-order valence-electron chi connectivity index (χ0n) is 17.1. The van der Waals surface area contributed by atoms with Crippen LogP contribution in [0.4, 0.5) is 0 Å². The number of fused-ring (bicyclic) bond motifs is 3. The molecule has 5 heteroatoms. The van der Waals surface area contributed by atoms with E-state index in [0.29, 0.717) is 5.69 Å². The smallest absolute Gasteiger partial charge is 0.270 e. The van der Waals surface area contributed by atoms with Crippen molar-refractivity contribution in [1.82, 2.24) is 15.3 Å². The molecular formula is C25H25N3O2. The topological polar surface area (TPSA) is 67.0 Å². The predicted molar refractivity (Wildman–Crippen MR) is 120 cm³/mol. The number of methoxy groups -OCH3 is 1. The molecule has 2 heterocycles. The summed E-state index contributed by atoms with van der Waals surface area (Å²) in [7, 11) is 1.65. The Labute approximate surface area is 175 Å². The first-order valence-corrected chi connectivity index (χ1v) is 10.6. The van der Waals surface area contributed by atoms with Crippen LogP contribution in [0.3, 0.4) is 0 Å². The monoisotopic (exact) mass is 399 g/mol. The van der Waals surface area contributed by atoms with Gasteiger partial charge in [0.1, 0.15) is 11.4 Å². The maximum atomic E-state index is 13.1. The average Bonchev–Trinajstić information content (AvgIpc) is 3.18. The molecule has 0 unspecified atom stereocenters. The molecule has 1 saturated carbocycles. The van der Waals surface area contributed by atoms with Gasteiger partial charge in [-0.15, -0.1) is 0 Å². The normalized spacial score (nSPS) is 14.8. The number of hydrogen-bond acceptors (Lipinski definition) is 3. The van der Waals surface area contributed by atoms with E-state index in [1.54, 1.807) is 7.11 Å². The summed E-state index contributed by atoms with van der Waals surface area (Å²) >= 11 is 0. The first-order valence-electron chi connectivity index (χ1n) is 10.6. The SMILES string of the molecule is COc1ccc(-c2nc(C(=O)NC3CCCCC3)cc3c2[nH]c2ccccc23)cc1. The van der Waals surface area contributed by atoms with E-state index in [2.05, 4.69) is 22.4 Å². The van der Waals surface area contributed by atoms with Gasteiger partial charge < -0.3 is 15.0 Å². The molecule has 1 aliphatic carbocycles. The number of pyridine rings is 1. The Kier molecular flexibility index (Phi) is 4.87. The second kappa shape index (κ2) is 7.82. The predicted octanol–water partition coefficient (Wildman–Crippen LogP) is 5.45. The lowest BCUT2D eigenvalue weighted by molar-refractivity contribution is 0.0923. The van der Waals surface area contributed by atoms with Gasteiger partial charge in [-0.05, 0) is 49.2 Å². The molecular weight excluding hydrogens is 374 g/mol. The fraction of sp³-hybridized carbons (Fsp3) is 0.280. The molecule has 2 aromatic carbocycles. The van der Waals surface area contributed by atoms with Crippen molar-refractivity contribution in [2.45, 2.75) is 38.1 Å². The van der Waals surface area contributed by atoms with Crippen molar-refractivity contribution in [2.75, 3.05) is 7.11 Å². The molecule has 2 N–H and O–H groups in total. The summed E-state index contributed by atoms with van der Waals surface area (Å²) in [6, 6.07) is 18.1. The zero-order valence-corrected chi connectivity index (χ0v) is 17.1. The lowest BCUT2D eigenvalue weighted by Crippen LogP contribution is -2.36. The molecule has 1 aliphatic rings. The molecule has 0 atom stereocenters. The first kappa shape index (κ1) is 18.7. The number of benzene rings is 2. The van der Waals surface area contributed by atoms with Crippen LogP contribution in [0.15, 0.2) is 54.6 Å². The minimum absolute atomic E-state index is 0.0937. The highest BCUT2D eigenvalue weighted by molar-refractivity contribution is 6.13. The van der Waals surface area contributed by atoms with Gasteiger partial charge >= 0.3 is 0 Å². The number of carbonyl (C=O) groups is 1. The highest BCUT2D eigenvalue weighted by Gasteiger charge is 2.20. The van der Waals surface area contributed by atoms with Gasteiger partial charge in [-0.1, -0.05) is 37.5 Å². The van der Waals surface area contributed by atoms with Crippen LogP contribution in [0.5, 0.6) is 5.75 Å². The maximum Gasteiger partial charge on any atom is 0.270 e. The van der Waals surface area contributed by atoms with Crippen LogP contribution in [0.25, 0.3) is 33.1 Å². The van der Waals surface area contributed by atoms with Crippen LogP contribution in [-0.2, 0) is 0 Å². The van der Waals surface area contributed by atoms with Crippen molar-refractivity contribution in [3.05, 3.63) is 60.3 Å². The fourth-order valence-corrected chi connectivity index (χ4v) is 4.43. The summed E-state index contributed by atoms with van der Waals surface area (Å²) in [6.07, 6.45) is 5.71. The molecule has 0 spiro atoms. The molecule has 0 saturated heterocycles. The third-order valence-corrected chi connectivity index (χ3v) is 6.03. The van der Waals surface area contributed by atoms with E-state index in [4.69, 9.17) is 9.72 Å². The van der Waals surface area contributed by atoms with Gasteiger partial charge in [0.25, 0.3) is 5.91 Å². The van der Waals surface area contributed by atoms with Gasteiger partial charge in [0, 0.05) is 27.9 Å².